The Morgan fingerprint density at radius 1 is 0.867 bits per heavy atom. The fourth-order valence-corrected chi connectivity index (χ4v) is 5.56. The minimum atomic E-state index is -1.70. The Bertz CT molecular complexity index is 915. The molecular weight excluding hydrogens is 606 g/mol. The van der Waals surface area contributed by atoms with Crippen molar-refractivity contribution in [3.05, 3.63) is 0 Å². The second kappa shape index (κ2) is 17.2. The number of amides is 1. The van der Waals surface area contributed by atoms with E-state index in [2.05, 4.69) is 10.6 Å². The van der Waals surface area contributed by atoms with Gasteiger partial charge in [0.25, 0.3) is 0 Å². The molecule has 1 aliphatic carbocycles. The first kappa shape index (κ1) is 38.2. The normalized spacial score (nSPS) is 43.9. The van der Waals surface area contributed by atoms with E-state index in [1.165, 1.54) is 0 Å². The fraction of sp³-hybridized carbons (Fsp3) is 0.960. The first-order valence-electron chi connectivity index (χ1n) is 14.9. The standard InChI is InChI=1S/C25H51N7O13/c26-2-1-11(35)23(41)32-10-3-9(28)21(20(40)22(10)45-25-19(39)14(29)16(36)13(7-34)43-25)44-24-15(30)18(38)17(37)12(42-24)5-31-4-8(27)6-33/h8-22,24-25,31,33-40H,1-7,26-30H2,(H,32,41)/t8?,9-,10+,11-,12+,13+,14-,15+,16+,17+,18+,19+,20-,21?,22-,24+,25+/m0/s1. The van der Waals surface area contributed by atoms with Gasteiger partial charge in [-0.2, -0.15) is 0 Å². The molecule has 1 saturated carbocycles. The molecule has 2 aliphatic heterocycles. The highest BCUT2D eigenvalue weighted by atomic mass is 16.7. The Morgan fingerprint density at radius 3 is 2.13 bits per heavy atom. The van der Waals surface area contributed by atoms with E-state index in [9.17, 15) is 40.5 Å². The van der Waals surface area contributed by atoms with Crippen LogP contribution in [-0.2, 0) is 23.7 Å². The lowest BCUT2D eigenvalue weighted by atomic mass is 9.83. The average Bonchev–Trinajstić information content (AvgIpc) is 3.01. The van der Waals surface area contributed by atoms with Gasteiger partial charge in [0.05, 0.1) is 31.3 Å². The molecule has 0 aromatic rings. The zero-order chi connectivity index (χ0) is 33.6. The van der Waals surface area contributed by atoms with Crippen LogP contribution in [0.1, 0.15) is 12.8 Å². The van der Waals surface area contributed by atoms with Crippen LogP contribution in [0.4, 0.5) is 0 Å². The molecule has 0 aromatic heterocycles. The van der Waals surface area contributed by atoms with Gasteiger partial charge < -0.3 is 99.1 Å². The summed E-state index contributed by atoms with van der Waals surface area (Å²) in [4.78, 5) is 12.7. The largest absolute Gasteiger partial charge is 0.395 e. The van der Waals surface area contributed by atoms with E-state index >= 15 is 0 Å². The summed E-state index contributed by atoms with van der Waals surface area (Å²) < 4.78 is 23.2. The summed E-state index contributed by atoms with van der Waals surface area (Å²) in [5.74, 6) is -0.839. The number of nitrogens with two attached hydrogens (primary N) is 5. The van der Waals surface area contributed by atoms with Crippen molar-refractivity contribution in [2.45, 2.75) is 117 Å². The monoisotopic (exact) mass is 657 g/mol. The third-order valence-electron chi connectivity index (χ3n) is 8.34. The number of hydrogen-bond donors (Lipinski definition) is 15. The van der Waals surface area contributed by atoms with Crippen molar-refractivity contribution >= 4 is 5.91 Å². The molecule has 0 spiro atoms. The van der Waals surface area contributed by atoms with E-state index in [4.69, 9.17) is 52.7 Å². The zero-order valence-electron chi connectivity index (χ0n) is 24.8. The molecule has 2 saturated heterocycles. The number of carbonyl (C=O) groups excluding carboxylic acids is 1. The molecule has 45 heavy (non-hydrogen) atoms. The van der Waals surface area contributed by atoms with Gasteiger partial charge in [-0.1, -0.05) is 0 Å². The van der Waals surface area contributed by atoms with Crippen LogP contribution < -0.4 is 39.3 Å². The molecule has 2 unspecified atom stereocenters. The van der Waals surface area contributed by atoms with Crippen LogP contribution in [-0.4, -0.2) is 183 Å². The minimum Gasteiger partial charge on any atom is -0.395 e. The van der Waals surface area contributed by atoms with Gasteiger partial charge in [-0.15, -0.1) is 0 Å². The van der Waals surface area contributed by atoms with Crippen LogP contribution in [0.25, 0.3) is 0 Å². The van der Waals surface area contributed by atoms with E-state index in [0.29, 0.717) is 0 Å². The van der Waals surface area contributed by atoms with Crippen LogP contribution in [0.5, 0.6) is 0 Å². The molecule has 264 valence electrons. The molecule has 3 rings (SSSR count). The summed E-state index contributed by atoms with van der Waals surface area (Å²) in [5.41, 5.74) is 29.5. The highest BCUT2D eigenvalue weighted by molar-refractivity contribution is 5.80. The van der Waals surface area contributed by atoms with E-state index in [1.807, 2.05) is 0 Å². The van der Waals surface area contributed by atoms with Gasteiger partial charge in [0.15, 0.2) is 12.6 Å². The van der Waals surface area contributed by atoms with Gasteiger partial charge in [-0.3, -0.25) is 4.79 Å². The van der Waals surface area contributed by atoms with Crippen LogP contribution in [0, 0.1) is 0 Å². The predicted octanol–water partition coefficient (Wildman–Crippen LogP) is -9.51. The van der Waals surface area contributed by atoms with Crippen molar-refractivity contribution in [3.63, 3.8) is 0 Å². The average molecular weight is 658 g/mol. The summed E-state index contributed by atoms with van der Waals surface area (Å²) >= 11 is 0. The van der Waals surface area contributed by atoms with Crippen LogP contribution in [0.2, 0.25) is 0 Å². The van der Waals surface area contributed by atoms with Gasteiger partial charge in [0.1, 0.15) is 61.0 Å². The summed E-state index contributed by atoms with van der Waals surface area (Å²) in [6.07, 6.45) is -17.5. The second-order valence-electron chi connectivity index (χ2n) is 11.8. The lowest BCUT2D eigenvalue weighted by Gasteiger charge is -2.49. The van der Waals surface area contributed by atoms with E-state index in [-0.39, 0.29) is 39.1 Å². The zero-order valence-corrected chi connectivity index (χ0v) is 24.8. The topological polar surface area (TPSA) is 370 Å². The van der Waals surface area contributed by atoms with E-state index in [0.717, 1.165) is 0 Å². The van der Waals surface area contributed by atoms with Crippen LogP contribution >= 0.6 is 0 Å². The molecule has 3 aliphatic rings. The highest BCUT2D eigenvalue weighted by Gasteiger charge is 2.52. The Morgan fingerprint density at radius 2 is 1.51 bits per heavy atom. The smallest absolute Gasteiger partial charge is 0.249 e. The molecule has 0 aromatic carbocycles. The Kier molecular flexibility index (Phi) is 14.6. The molecule has 17 atom stereocenters. The Balaban J connectivity index is 1.82. The molecule has 20 nitrogen and oxygen atoms in total. The number of aliphatic hydroxyl groups excluding tert-OH is 8. The molecule has 1 amide bonds. The van der Waals surface area contributed by atoms with Crippen molar-refractivity contribution < 1.29 is 64.6 Å². The maximum absolute atomic E-state index is 12.7. The van der Waals surface area contributed by atoms with Gasteiger partial charge in [-0.05, 0) is 19.4 Å². The van der Waals surface area contributed by atoms with Crippen molar-refractivity contribution in [3.8, 4) is 0 Å². The third-order valence-corrected chi connectivity index (χ3v) is 8.34. The third kappa shape index (κ3) is 9.22. The molecule has 20 N–H and O–H groups in total. The minimum absolute atomic E-state index is 0.00898. The summed E-state index contributed by atoms with van der Waals surface area (Å²) in [7, 11) is 0. The first-order chi connectivity index (χ1) is 21.2. The number of hydrogen-bond acceptors (Lipinski definition) is 19. The number of aliphatic hydroxyl groups is 8. The molecule has 0 radical (unpaired) electrons. The van der Waals surface area contributed by atoms with Crippen LogP contribution in [0.3, 0.4) is 0 Å². The first-order valence-corrected chi connectivity index (χ1v) is 14.9. The number of carbonyl (C=O) groups is 1. The summed E-state index contributed by atoms with van der Waals surface area (Å²) in [6.45, 7) is -0.802. The van der Waals surface area contributed by atoms with Crippen molar-refractivity contribution in [2.75, 3.05) is 32.8 Å². The molecule has 2 heterocycles. The van der Waals surface area contributed by atoms with Gasteiger partial charge in [0, 0.05) is 25.2 Å². The van der Waals surface area contributed by atoms with Gasteiger partial charge in [-0.25, -0.2) is 0 Å². The van der Waals surface area contributed by atoms with Crippen LogP contribution in [0.15, 0.2) is 0 Å². The van der Waals surface area contributed by atoms with Crippen molar-refractivity contribution in [1.82, 2.24) is 10.6 Å². The Labute approximate surface area is 259 Å². The Hall–Kier alpha value is -1.25. The number of rotatable bonds is 14. The summed E-state index contributed by atoms with van der Waals surface area (Å²) in [5, 5.41) is 87.9. The predicted molar refractivity (Wildman–Crippen MR) is 152 cm³/mol. The van der Waals surface area contributed by atoms with Gasteiger partial charge >= 0.3 is 0 Å². The lowest BCUT2D eigenvalue weighted by molar-refractivity contribution is -0.320. The second-order valence-corrected chi connectivity index (χ2v) is 11.8. The van der Waals surface area contributed by atoms with Gasteiger partial charge in [0.2, 0.25) is 5.91 Å². The van der Waals surface area contributed by atoms with Crippen molar-refractivity contribution in [2.24, 2.45) is 28.7 Å². The SMILES string of the molecule is NCC[C@H](O)C(=O)N[C@@H]1C[C@H](N)C(O[C@H]2O[C@H](CNCC(N)CO)[C@@H](O)[C@H](O)[C@H]2N)[C@H](O)[C@H]1O[C@H]1O[C@H](CO)[C@@H](O)[C@H](N)[C@H]1O. The summed E-state index contributed by atoms with van der Waals surface area (Å²) in [6, 6.07) is -5.31. The van der Waals surface area contributed by atoms with Crippen molar-refractivity contribution in [1.29, 1.82) is 0 Å². The highest BCUT2D eigenvalue weighted by Crippen LogP contribution is 2.32. The maximum atomic E-state index is 12.7. The maximum Gasteiger partial charge on any atom is 0.249 e. The van der Waals surface area contributed by atoms with E-state index in [1.54, 1.807) is 0 Å². The fourth-order valence-electron chi connectivity index (χ4n) is 5.56. The molecule has 20 heteroatoms. The molecule has 0 bridgehead atoms. The van der Waals surface area contributed by atoms with E-state index < -0.39 is 116 Å². The quantitative estimate of drug-likeness (QED) is 0.0824. The molecular formula is C25H51N7O13. The molecule has 3 fully saturated rings. The lowest BCUT2D eigenvalue weighted by Crippen LogP contribution is -2.70. The number of nitrogens with one attached hydrogen (secondary N) is 2. The number of ether oxygens (including phenoxy) is 4.